The third-order valence-corrected chi connectivity index (χ3v) is 2.17. The van der Waals surface area contributed by atoms with Crippen LogP contribution in [0.4, 0.5) is 0 Å². The molecule has 0 aliphatic rings. The summed E-state index contributed by atoms with van der Waals surface area (Å²) < 4.78 is 10.3. The number of ether oxygens (including phenoxy) is 2. The molecule has 0 bridgehead atoms. The van der Waals surface area contributed by atoms with Gasteiger partial charge in [-0.3, -0.25) is 0 Å². The molecule has 0 saturated heterocycles. The van der Waals surface area contributed by atoms with Crippen LogP contribution in [0.3, 0.4) is 0 Å². The average Bonchev–Trinajstić information content (AvgIpc) is 2.26. The molecule has 0 saturated carbocycles. The average molecular weight is 222 g/mol. The van der Waals surface area contributed by atoms with E-state index in [1.54, 1.807) is 13.2 Å². The van der Waals surface area contributed by atoms with Crippen molar-refractivity contribution >= 4 is 12.0 Å². The van der Waals surface area contributed by atoms with Crippen LogP contribution in [0.2, 0.25) is 0 Å². The molecule has 4 nitrogen and oxygen atoms in total. The highest BCUT2D eigenvalue weighted by Crippen LogP contribution is 2.29. The second kappa shape index (κ2) is 5.21. The third-order valence-electron chi connectivity index (χ3n) is 2.17. The van der Waals surface area contributed by atoms with Crippen molar-refractivity contribution in [2.75, 3.05) is 14.2 Å². The van der Waals surface area contributed by atoms with Crippen LogP contribution in [0.25, 0.3) is 6.08 Å². The van der Waals surface area contributed by atoms with Crippen molar-refractivity contribution in [3.8, 4) is 11.5 Å². The molecule has 0 heterocycles. The summed E-state index contributed by atoms with van der Waals surface area (Å²) >= 11 is 0. The van der Waals surface area contributed by atoms with Crippen molar-refractivity contribution in [3.63, 3.8) is 0 Å². The van der Waals surface area contributed by atoms with Gasteiger partial charge in [0.05, 0.1) is 14.2 Å². The van der Waals surface area contributed by atoms with E-state index in [0.717, 1.165) is 17.2 Å². The van der Waals surface area contributed by atoms with Gasteiger partial charge in [0.1, 0.15) is 11.5 Å². The maximum absolute atomic E-state index is 10.5. The van der Waals surface area contributed by atoms with Gasteiger partial charge in [-0.05, 0) is 24.6 Å². The van der Waals surface area contributed by atoms with Gasteiger partial charge in [0.2, 0.25) is 0 Å². The van der Waals surface area contributed by atoms with Gasteiger partial charge in [-0.15, -0.1) is 0 Å². The predicted octanol–water partition coefficient (Wildman–Crippen LogP) is 2.11. The monoisotopic (exact) mass is 222 g/mol. The van der Waals surface area contributed by atoms with Gasteiger partial charge >= 0.3 is 5.97 Å². The first-order valence-corrected chi connectivity index (χ1v) is 4.72. The molecule has 0 fully saturated rings. The Bertz CT molecular complexity index is 421. The van der Waals surface area contributed by atoms with E-state index in [0.29, 0.717) is 11.5 Å². The van der Waals surface area contributed by atoms with Crippen LogP contribution in [0.15, 0.2) is 18.2 Å². The van der Waals surface area contributed by atoms with E-state index in [1.165, 1.54) is 13.2 Å². The van der Waals surface area contributed by atoms with E-state index in [4.69, 9.17) is 14.6 Å². The zero-order valence-corrected chi connectivity index (χ0v) is 9.48. The van der Waals surface area contributed by atoms with Gasteiger partial charge < -0.3 is 14.6 Å². The summed E-state index contributed by atoms with van der Waals surface area (Å²) in [5.41, 5.74) is 1.64. The van der Waals surface area contributed by atoms with Crippen LogP contribution in [0.1, 0.15) is 11.1 Å². The lowest BCUT2D eigenvalue weighted by molar-refractivity contribution is -0.131. The molecule has 0 aliphatic carbocycles. The minimum absolute atomic E-state index is 0.592. The molecular weight excluding hydrogens is 208 g/mol. The summed E-state index contributed by atoms with van der Waals surface area (Å²) in [6.45, 7) is 1.87. The summed E-state index contributed by atoms with van der Waals surface area (Å²) in [6, 6.07) is 3.54. The molecule has 0 unspecified atom stereocenters. The van der Waals surface area contributed by atoms with Crippen molar-refractivity contribution in [1.82, 2.24) is 0 Å². The van der Waals surface area contributed by atoms with Crippen LogP contribution in [-0.2, 0) is 4.79 Å². The number of carbonyl (C=O) groups is 1. The fourth-order valence-electron chi connectivity index (χ4n) is 1.39. The van der Waals surface area contributed by atoms with Crippen LogP contribution >= 0.6 is 0 Å². The summed E-state index contributed by atoms with van der Waals surface area (Å²) in [5.74, 6) is 0.286. The molecule has 0 aromatic heterocycles. The van der Waals surface area contributed by atoms with Gasteiger partial charge in [-0.1, -0.05) is 0 Å². The summed E-state index contributed by atoms with van der Waals surface area (Å²) in [6.07, 6.45) is 2.59. The summed E-state index contributed by atoms with van der Waals surface area (Å²) in [4.78, 5) is 10.5. The van der Waals surface area contributed by atoms with Crippen LogP contribution in [-0.4, -0.2) is 25.3 Å². The van der Waals surface area contributed by atoms with Crippen LogP contribution in [0.5, 0.6) is 11.5 Å². The Hall–Kier alpha value is -1.97. The van der Waals surface area contributed by atoms with Crippen LogP contribution in [0, 0.1) is 6.92 Å². The number of carboxylic acid groups (broad SMARTS) is 1. The molecule has 1 rings (SSSR count). The van der Waals surface area contributed by atoms with Crippen molar-refractivity contribution in [2.24, 2.45) is 0 Å². The number of hydrogen-bond acceptors (Lipinski definition) is 3. The third kappa shape index (κ3) is 2.76. The Morgan fingerprint density at radius 3 is 2.50 bits per heavy atom. The number of carboxylic acids is 1. The Kier molecular flexibility index (Phi) is 3.94. The Balaban J connectivity index is 3.21. The summed E-state index contributed by atoms with van der Waals surface area (Å²) in [5, 5.41) is 8.58. The number of hydrogen-bond donors (Lipinski definition) is 1. The van der Waals surface area contributed by atoms with Crippen molar-refractivity contribution in [2.45, 2.75) is 6.92 Å². The lowest BCUT2D eigenvalue weighted by Gasteiger charge is -2.10. The molecule has 1 aromatic rings. The van der Waals surface area contributed by atoms with Gasteiger partial charge in [0.25, 0.3) is 0 Å². The first-order valence-electron chi connectivity index (χ1n) is 4.72. The lowest BCUT2D eigenvalue weighted by atomic mass is 10.1. The lowest BCUT2D eigenvalue weighted by Crippen LogP contribution is -1.94. The minimum Gasteiger partial charge on any atom is -0.497 e. The Labute approximate surface area is 94.1 Å². The molecule has 4 heteroatoms. The van der Waals surface area contributed by atoms with Gasteiger partial charge in [0.15, 0.2) is 0 Å². The van der Waals surface area contributed by atoms with E-state index < -0.39 is 5.97 Å². The van der Waals surface area contributed by atoms with E-state index in [2.05, 4.69) is 0 Å². The molecule has 0 aliphatic heterocycles. The van der Waals surface area contributed by atoms with Gasteiger partial charge in [-0.2, -0.15) is 0 Å². The van der Waals surface area contributed by atoms with Crippen molar-refractivity contribution < 1.29 is 19.4 Å². The van der Waals surface area contributed by atoms with Gasteiger partial charge in [-0.25, -0.2) is 4.79 Å². The largest absolute Gasteiger partial charge is 0.497 e. The molecule has 0 amide bonds. The minimum atomic E-state index is -0.989. The molecule has 0 atom stereocenters. The maximum atomic E-state index is 10.5. The number of rotatable bonds is 4. The number of aryl methyl sites for hydroxylation is 1. The SMILES string of the molecule is COc1cc(C)c(C=CC(=O)O)c(OC)c1. The van der Waals surface area contributed by atoms with Gasteiger partial charge in [0, 0.05) is 17.7 Å². The fraction of sp³-hybridized carbons (Fsp3) is 0.250. The quantitative estimate of drug-likeness (QED) is 0.793. The molecule has 86 valence electrons. The Morgan fingerprint density at radius 1 is 1.31 bits per heavy atom. The molecule has 0 spiro atoms. The number of methoxy groups -OCH3 is 2. The Morgan fingerprint density at radius 2 is 2.00 bits per heavy atom. The fourth-order valence-corrected chi connectivity index (χ4v) is 1.39. The molecule has 16 heavy (non-hydrogen) atoms. The molecular formula is C12H14O4. The number of benzene rings is 1. The second-order valence-electron chi connectivity index (χ2n) is 3.23. The van der Waals surface area contributed by atoms with E-state index in [9.17, 15) is 4.79 Å². The first kappa shape index (κ1) is 12.1. The predicted molar refractivity (Wildman–Crippen MR) is 61.0 cm³/mol. The highest BCUT2D eigenvalue weighted by Gasteiger charge is 2.07. The number of aliphatic carboxylic acids is 1. The van der Waals surface area contributed by atoms with Crippen molar-refractivity contribution in [1.29, 1.82) is 0 Å². The topological polar surface area (TPSA) is 55.8 Å². The highest BCUT2D eigenvalue weighted by molar-refractivity contribution is 5.86. The normalized spacial score (nSPS) is 10.4. The van der Waals surface area contributed by atoms with E-state index in [-0.39, 0.29) is 0 Å². The molecule has 1 aromatic carbocycles. The highest BCUT2D eigenvalue weighted by atomic mass is 16.5. The maximum Gasteiger partial charge on any atom is 0.328 e. The van der Waals surface area contributed by atoms with E-state index >= 15 is 0 Å². The first-order chi connectivity index (χ1) is 7.58. The molecule has 0 radical (unpaired) electrons. The molecule has 1 N–H and O–H groups in total. The smallest absolute Gasteiger partial charge is 0.328 e. The second-order valence-corrected chi connectivity index (χ2v) is 3.23. The standard InChI is InChI=1S/C12H14O4/c1-8-6-9(15-2)7-11(16-3)10(8)4-5-12(13)14/h4-7H,1-3H3,(H,13,14). The summed E-state index contributed by atoms with van der Waals surface area (Å²) in [7, 11) is 3.10. The zero-order chi connectivity index (χ0) is 12.1. The van der Waals surface area contributed by atoms with Crippen molar-refractivity contribution in [3.05, 3.63) is 29.3 Å². The van der Waals surface area contributed by atoms with E-state index in [1.807, 2.05) is 13.0 Å². The van der Waals surface area contributed by atoms with Crippen LogP contribution < -0.4 is 9.47 Å². The zero-order valence-electron chi connectivity index (χ0n) is 9.48.